The van der Waals surface area contributed by atoms with E-state index in [9.17, 15) is 4.79 Å². The van der Waals surface area contributed by atoms with Crippen LogP contribution in [0.1, 0.15) is 39.0 Å². The third-order valence-electron chi connectivity index (χ3n) is 6.01. The van der Waals surface area contributed by atoms with Gasteiger partial charge < -0.3 is 10.6 Å². The van der Waals surface area contributed by atoms with E-state index < -0.39 is 0 Å². The Hall–Kier alpha value is -0.570. The lowest BCUT2D eigenvalue weighted by Crippen LogP contribution is -2.47. The molecule has 18 heavy (non-hydrogen) atoms. The first-order valence-corrected chi connectivity index (χ1v) is 7.78. The average Bonchev–Trinajstić information content (AvgIpc) is 2.79. The minimum absolute atomic E-state index is 0.390. The van der Waals surface area contributed by atoms with E-state index >= 15 is 0 Å². The lowest BCUT2D eigenvalue weighted by atomic mass is 9.98. The maximum Gasteiger partial charge on any atom is 0.223 e. The highest BCUT2D eigenvalue weighted by atomic mass is 16.2. The molecule has 3 heteroatoms. The molecule has 6 atom stereocenters. The van der Waals surface area contributed by atoms with Crippen molar-refractivity contribution in [3.8, 4) is 0 Å². The number of hydrogen-bond donors (Lipinski definition) is 2. The molecule has 0 aromatic rings. The van der Waals surface area contributed by atoms with Crippen LogP contribution in [-0.4, -0.2) is 24.5 Å². The summed E-state index contributed by atoms with van der Waals surface area (Å²) in [5.74, 6) is 4.17. The van der Waals surface area contributed by atoms with Gasteiger partial charge in [-0.15, -0.1) is 0 Å². The highest BCUT2D eigenvalue weighted by Crippen LogP contribution is 2.69. The molecule has 0 aromatic carbocycles. The molecule has 1 aliphatic heterocycles. The van der Waals surface area contributed by atoms with E-state index in [1.807, 2.05) is 0 Å². The fourth-order valence-corrected chi connectivity index (χ4v) is 5.24. The van der Waals surface area contributed by atoms with Crippen molar-refractivity contribution < 1.29 is 4.79 Å². The molecule has 4 fully saturated rings. The van der Waals surface area contributed by atoms with E-state index in [-0.39, 0.29) is 0 Å². The van der Waals surface area contributed by atoms with Crippen molar-refractivity contribution in [1.29, 1.82) is 0 Å². The predicted octanol–water partition coefficient (Wildman–Crippen LogP) is 1.54. The molecule has 0 aromatic heterocycles. The minimum atomic E-state index is 0.390. The Labute approximate surface area is 109 Å². The maximum atomic E-state index is 12.4. The van der Waals surface area contributed by atoms with E-state index in [0.29, 0.717) is 23.9 Å². The standard InChI is InChI=1S/C15H24N2O/c1-8-6-11(4-5-16-8)17-15(18)14-12-9-2-3-10(7-9)13(12)14/h8-14,16H,2-7H2,1H3,(H,17,18). The van der Waals surface area contributed by atoms with Crippen molar-refractivity contribution in [1.82, 2.24) is 10.6 Å². The van der Waals surface area contributed by atoms with Crippen LogP contribution in [0.5, 0.6) is 0 Å². The Bertz CT molecular complexity index is 354. The molecule has 3 nitrogen and oxygen atoms in total. The van der Waals surface area contributed by atoms with Gasteiger partial charge in [0, 0.05) is 18.0 Å². The highest BCUT2D eigenvalue weighted by Gasteiger charge is 2.67. The molecule has 2 N–H and O–H groups in total. The molecule has 3 aliphatic carbocycles. The zero-order valence-electron chi connectivity index (χ0n) is 11.2. The van der Waals surface area contributed by atoms with Gasteiger partial charge in [-0.2, -0.15) is 0 Å². The van der Waals surface area contributed by atoms with Gasteiger partial charge in [0.2, 0.25) is 5.91 Å². The average molecular weight is 248 g/mol. The van der Waals surface area contributed by atoms with Crippen LogP contribution in [-0.2, 0) is 4.79 Å². The summed E-state index contributed by atoms with van der Waals surface area (Å²) in [6.07, 6.45) is 6.44. The number of nitrogens with one attached hydrogen (secondary N) is 2. The topological polar surface area (TPSA) is 41.1 Å². The van der Waals surface area contributed by atoms with Crippen molar-refractivity contribution in [2.45, 2.75) is 51.1 Å². The van der Waals surface area contributed by atoms with Crippen molar-refractivity contribution in [2.24, 2.45) is 29.6 Å². The fraction of sp³-hybridized carbons (Fsp3) is 0.933. The summed E-state index contributed by atoms with van der Waals surface area (Å²) >= 11 is 0. The second-order valence-electron chi connectivity index (χ2n) is 7.10. The minimum Gasteiger partial charge on any atom is -0.353 e. The number of fused-ring (bicyclic) bond motifs is 5. The summed E-state index contributed by atoms with van der Waals surface area (Å²) < 4.78 is 0. The largest absolute Gasteiger partial charge is 0.353 e. The molecule has 2 bridgehead atoms. The van der Waals surface area contributed by atoms with Crippen LogP contribution < -0.4 is 10.6 Å². The summed E-state index contributed by atoms with van der Waals surface area (Å²) in [5, 5.41) is 6.77. The van der Waals surface area contributed by atoms with E-state index in [1.54, 1.807) is 0 Å². The van der Waals surface area contributed by atoms with Gasteiger partial charge in [-0.05, 0) is 69.2 Å². The number of rotatable bonds is 2. The van der Waals surface area contributed by atoms with Crippen LogP contribution in [0.4, 0.5) is 0 Å². The van der Waals surface area contributed by atoms with Crippen molar-refractivity contribution >= 4 is 5.91 Å². The first-order chi connectivity index (χ1) is 8.74. The maximum absolute atomic E-state index is 12.4. The molecule has 100 valence electrons. The van der Waals surface area contributed by atoms with Crippen LogP contribution in [0, 0.1) is 29.6 Å². The van der Waals surface area contributed by atoms with E-state index in [4.69, 9.17) is 0 Å². The van der Waals surface area contributed by atoms with Gasteiger partial charge >= 0.3 is 0 Å². The monoisotopic (exact) mass is 248 g/mol. The SMILES string of the molecule is CC1CC(NC(=O)C2C3C4CCC(C4)C23)CCN1. The first-order valence-electron chi connectivity index (χ1n) is 7.78. The van der Waals surface area contributed by atoms with Crippen LogP contribution in [0.15, 0.2) is 0 Å². The Morgan fingerprint density at radius 3 is 2.50 bits per heavy atom. The third kappa shape index (κ3) is 1.63. The normalized spacial score (nSPS) is 53.1. The lowest BCUT2D eigenvalue weighted by molar-refractivity contribution is -0.124. The van der Waals surface area contributed by atoms with Crippen LogP contribution in [0.2, 0.25) is 0 Å². The Kier molecular flexibility index (Phi) is 2.48. The molecule has 0 spiro atoms. The Morgan fingerprint density at radius 1 is 1.11 bits per heavy atom. The number of piperidine rings is 1. The molecule has 4 rings (SSSR count). The number of amides is 1. The van der Waals surface area contributed by atoms with E-state index in [1.165, 1.54) is 19.3 Å². The summed E-state index contributed by atoms with van der Waals surface area (Å²) in [7, 11) is 0. The summed E-state index contributed by atoms with van der Waals surface area (Å²) in [4.78, 5) is 12.4. The van der Waals surface area contributed by atoms with Crippen LogP contribution >= 0.6 is 0 Å². The third-order valence-corrected chi connectivity index (χ3v) is 6.01. The molecule has 0 radical (unpaired) electrons. The molecular weight excluding hydrogens is 224 g/mol. The summed E-state index contributed by atoms with van der Waals surface area (Å²) in [6, 6.07) is 0.978. The summed E-state index contributed by atoms with van der Waals surface area (Å²) in [5.41, 5.74) is 0. The predicted molar refractivity (Wildman–Crippen MR) is 69.9 cm³/mol. The second kappa shape index (κ2) is 3.96. The number of hydrogen-bond acceptors (Lipinski definition) is 2. The molecule has 1 amide bonds. The van der Waals surface area contributed by atoms with E-state index in [2.05, 4.69) is 17.6 Å². The quantitative estimate of drug-likeness (QED) is 0.778. The van der Waals surface area contributed by atoms with Gasteiger partial charge in [-0.1, -0.05) is 0 Å². The Morgan fingerprint density at radius 2 is 1.83 bits per heavy atom. The van der Waals surface area contributed by atoms with Gasteiger partial charge in [-0.25, -0.2) is 0 Å². The molecule has 3 saturated carbocycles. The Balaban J connectivity index is 1.35. The van der Waals surface area contributed by atoms with E-state index in [0.717, 1.165) is 43.1 Å². The first kappa shape index (κ1) is 11.3. The molecule has 6 unspecified atom stereocenters. The zero-order chi connectivity index (χ0) is 12.3. The lowest BCUT2D eigenvalue weighted by Gasteiger charge is -2.29. The molecular formula is C15H24N2O. The molecule has 1 heterocycles. The van der Waals surface area contributed by atoms with Gasteiger partial charge in [0.05, 0.1) is 0 Å². The van der Waals surface area contributed by atoms with Crippen LogP contribution in [0.25, 0.3) is 0 Å². The van der Waals surface area contributed by atoms with Gasteiger partial charge in [-0.3, -0.25) is 4.79 Å². The van der Waals surface area contributed by atoms with Gasteiger partial charge in [0.1, 0.15) is 0 Å². The number of carbonyl (C=O) groups is 1. The van der Waals surface area contributed by atoms with Gasteiger partial charge in [0.15, 0.2) is 0 Å². The fourth-order valence-electron chi connectivity index (χ4n) is 5.24. The molecule has 1 saturated heterocycles. The molecule has 4 aliphatic rings. The smallest absolute Gasteiger partial charge is 0.223 e. The highest BCUT2D eigenvalue weighted by molar-refractivity contribution is 5.83. The number of carbonyl (C=O) groups excluding carboxylic acids is 1. The second-order valence-corrected chi connectivity index (χ2v) is 7.10. The van der Waals surface area contributed by atoms with Crippen LogP contribution in [0.3, 0.4) is 0 Å². The van der Waals surface area contributed by atoms with Gasteiger partial charge in [0.25, 0.3) is 0 Å². The van der Waals surface area contributed by atoms with Crippen molar-refractivity contribution in [3.63, 3.8) is 0 Å². The van der Waals surface area contributed by atoms with Crippen molar-refractivity contribution in [3.05, 3.63) is 0 Å². The summed E-state index contributed by atoms with van der Waals surface area (Å²) in [6.45, 7) is 3.26. The van der Waals surface area contributed by atoms with Crippen molar-refractivity contribution in [2.75, 3.05) is 6.54 Å². The zero-order valence-corrected chi connectivity index (χ0v) is 11.2.